The molecule has 0 fully saturated rings. The summed E-state index contributed by atoms with van der Waals surface area (Å²) < 4.78 is 31.2. The molecule has 0 aromatic carbocycles. The Labute approximate surface area is 112 Å². The van der Waals surface area contributed by atoms with Crippen molar-refractivity contribution >= 4 is 21.4 Å². The number of aryl methyl sites for hydroxylation is 1. The normalized spacial score (nSPS) is 14.1. The van der Waals surface area contributed by atoms with E-state index in [1.165, 1.54) is 18.5 Å². The molecule has 1 heterocycles. The summed E-state index contributed by atoms with van der Waals surface area (Å²) in [6, 6.07) is 1.36. The highest BCUT2D eigenvalue weighted by Crippen LogP contribution is 2.28. The van der Waals surface area contributed by atoms with Crippen LogP contribution in [-0.4, -0.2) is 44.6 Å². The summed E-state index contributed by atoms with van der Waals surface area (Å²) in [5, 5.41) is 9.11. The lowest BCUT2D eigenvalue weighted by Gasteiger charge is -2.22. The molecular weight excluding hydrogens is 274 g/mol. The van der Waals surface area contributed by atoms with E-state index >= 15 is 0 Å². The van der Waals surface area contributed by atoms with Crippen LogP contribution in [0.5, 0.6) is 0 Å². The molecule has 1 rings (SSSR count). The zero-order valence-electron chi connectivity index (χ0n) is 11.0. The van der Waals surface area contributed by atoms with E-state index in [1.54, 1.807) is 19.9 Å². The molecule has 0 saturated carbocycles. The summed E-state index contributed by atoms with van der Waals surface area (Å²) in [6.07, 6.45) is 0. The Morgan fingerprint density at radius 1 is 1.56 bits per heavy atom. The van der Waals surface area contributed by atoms with Gasteiger partial charge in [0.25, 0.3) is 10.0 Å². The fourth-order valence-corrected chi connectivity index (χ4v) is 4.48. The maximum atomic E-state index is 12.3. The van der Waals surface area contributed by atoms with Crippen molar-refractivity contribution in [2.24, 2.45) is 0 Å². The van der Waals surface area contributed by atoms with E-state index in [0.29, 0.717) is 11.5 Å². The van der Waals surface area contributed by atoms with E-state index in [0.717, 1.165) is 16.9 Å². The van der Waals surface area contributed by atoms with Gasteiger partial charge in [-0.05, 0) is 25.5 Å². The molecule has 7 heteroatoms. The zero-order valence-corrected chi connectivity index (χ0v) is 12.6. The van der Waals surface area contributed by atoms with Gasteiger partial charge >= 0.3 is 0 Å². The number of thiophene rings is 1. The van der Waals surface area contributed by atoms with Crippen molar-refractivity contribution in [3.8, 4) is 0 Å². The SMILES string of the molecule is COCC(C)N(C)S(=O)(=O)c1cc(C)c(CO)s1. The van der Waals surface area contributed by atoms with Crippen LogP contribution in [0.1, 0.15) is 17.4 Å². The predicted molar refractivity (Wildman–Crippen MR) is 71.3 cm³/mol. The first kappa shape index (κ1) is 15.6. The smallest absolute Gasteiger partial charge is 0.252 e. The number of likely N-dealkylation sites (N-methyl/N-ethyl adjacent to an activating group) is 1. The molecule has 0 aliphatic rings. The summed E-state index contributed by atoms with van der Waals surface area (Å²) in [7, 11) is -0.439. The van der Waals surface area contributed by atoms with Gasteiger partial charge in [0.15, 0.2) is 0 Å². The van der Waals surface area contributed by atoms with E-state index in [-0.39, 0.29) is 16.9 Å². The van der Waals surface area contributed by atoms with Crippen molar-refractivity contribution in [1.82, 2.24) is 4.31 Å². The van der Waals surface area contributed by atoms with Crippen LogP contribution in [0, 0.1) is 6.92 Å². The number of ether oxygens (including phenoxy) is 1. The monoisotopic (exact) mass is 293 g/mol. The molecule has 0 radical (unpaired) electrons. The van der Waals surface area contributed by atoms with Crippen molar-refractivity contribution in [2.75, 3.05) is 20.8 Å². The quantitative estimate of drug-likeness (QED) is 0.856. The Hall–Kier alpha value is -0.470. The van der Waals surface area contributed by atoms with Gasteiger partial charge in [-0.25, -0.2) is 8.42 Å². The van der Waals surface area contributed by atoms with Crippen molar-refractivity contribution in [1.29, 1.82) is 0 Å². The van der Waals surface area contributed by atoms with Crippen LogP contribution in [0.2, 0.25) is 0 Å². The van der Waals surface area contributed by atoms with Crippen LogP contribution < -0.4 is 0 Å². The third-order valence-corrected chi connectivity index (χ3v) is 6.45. The lowest BCUT2D eigenvalue weighted by atomic mass is 10.3. The van der Waals surface area contributed by atoms with Gasteiger partial charge in [-0.15, -0.1) is 11.3 Å². The second-order valence-electron chi connectivity index (χ2n) is 4.16. The summed E-state index contributed by atoms with van der Waals surface area (Å²) in [5.41, 5.74) is 0.800. The molecule has 1 aromatic heterocycles. The van der Waals surface area contributed by atoms with Gasteiger partial charge in [0, 0.05) is 25.1 Å². The maximum Gasteiger partial charge on any atom is 0.252 e. The molecule has 0 aliphatic heterocycles. The third kappa shape index (κ3) is 3.10. The summed E-state index contributed by atoms with van der Waals surface area (Å²) >= 11 is 1.11. The van der Waals surface area contributed by atoms with Crippen molar-refractivity contribution in [3.05, 3.63) is 16.5 Å². The van der Waals surface area contributed by atoms with E-state index < -0.39 is 10.0 Å². The Kier molecular flexibility index (Phi) is 5.30. The molecule has 0 bridgehead atoms. The van der Waals surface area contributed by atoms with Gasteiger partial charge in [-0.2, -0.15) is 4.31 Å². The molecule has 0 saturated heterocycles. The minimum Gasteiger partial charge on any atom is -0.391 e. The molecular formula is C11H19NO4S2. The largest absolute Gasteiger partial charge is 0.391 e. The van der Waals surface area contributed by atoms with Gasteiger partial charge in [0.1, 0.15) is 4.21 Å². The number of sulfonamides is 1. The predicted octanol–water partition coefficient (Wildman–Crippen LogP) is 1.20. The standard InChI is InChI=1S/C11H19NO4S2/c1-8-5-11(17-10(8)6-13)18(14,15)12(3)9(2)7-16-4/h5,9,13H,6-7H2,1-4H3. The lowest BCUT2D eigenvalue weighted by Crippen LogP contribution is -2.37. The number of hydrogen-bond acceptors (Lipinski definition) is 5. The minimum atomic E-state index is -3.51. The van der Waals surface area contributed by atoms with Crippen LogP contribution in [-0.2, 0) is 21.4 Å². The lowest BCUT2D eigenvalue weighted by molar-refractivity contribution is 0.149. The van der Waals surface area contributed by atoms with Crippen molar-refractivity contribution < 1.29 is 18.3 Å². The molecule has 1 atom stereocenters. The Bertz CT molecular complexity index is 495. The molecule has 1 N–H and O–H groups in total. The number of aliphatic hydroxyl groups excluding tert-OH is 1. The molecule has 0 aliphatic carbocycles. The Morgan fingerprint density at radius 2 is 2.17 bits per heavy atom. The number of hydrogen-bond donors (Lipinski definition) is 1. The molecule has 0 spiro atoms. The van der Waals surface area contributed by atoms with Crippen molar-refractivity contribution in [2.45, 2.75) is 30.7 Å². The van der Waals surface area contributed by atoms with Gasteiger partial charge in [-0.1, -0.05) is 0 Å². The molecule has 1 unspecified atom stereocenters. The first-order valence-corrected chi connectivity index (χ1v) is 7.77. The molecule has 0 amide bonds. The van der Waals surface area contributed by atoms with Gasteiger partial charge in [0.05, 0.1) is 13.2 Å². The second kappa shape index (κ2) is 6.12. The number of rotatable bonds is 6. The first-order valence-electron chi connectivity index (χ1n) is 5.51. The topological polar surface area (TPSA) is 66.8 Å². The zero-order chi connectivity index (χ0) is 13.9. The third-order valence-electron chi connectivity index (χ3n) is 2.80. The fourth-order valence-electron chi connectivity index (χ4n) is 1.50. The molecule has 5 nitrogen and oxygen atoms in total. The molecule has 1 aromatic rings. The van der Waals surface area contributed by atoms with E-state index in [9.17, 15) is 8.42 Å². The first-order chi connectivity index (χ1) is 8.34. The molecule has 18 heavy (non-hydrogen) atoms. The van der Waals surface area contributed by atoms with Gasteiger partial charge in [-0.3, -0.25) is 0 Å². The van der Waals surface area contributed by atoms with E-state index in [2.05, 4.69) is 0 Å². The number of nitrogens with zero attached hydrogens (tertiary/aromatic N) is 1. The minimum absolute atomic E-state index is 0.136. The van der Waals surface area contributed by atoms with Crippen LogP contribution in [0.15, 0.2) is 10.3 Å². The summed E-state index contributed by atoms with van der Waals surface area (Å²) in [5.74, 6) is 0. The fraction of sp³-hybridized carbons (Fsp3) is 0.636. The summed E-state index contributed by atoms with van der Waals surface area (Å²) in [6.45, 7) is 3.78. The molecule has 104 valence electrons. The average Bonchev–Trinajstić information content (AvgIpc) is 2.70. The van der Waals surface area contributed by atoms with Crippen molar-refractivity contribution in [3.63, 3.8) is 0 Å². The average molecular weight is 293 g/mol. The number of methoxy groups -OCH3 is 1. The highest BCUT2D eigenvalue weighted by Gasteiger charge is 2.27. The highest BCUT2D eigenvalue weighted by molar-refractivity contribution is 7.91. The van der Waals surface area contributed by atoms with E-state index in [1.807, 2.05) is 0 Å². The maximum absolute atomic E-state index is 12.3. The van der Waals surface area contributed by atoms with Crippen LogP contribution >= 0.6 is 11.3 Å². The van der Waals surface area contributed by atoms with Gasteiger partial charge < -0.3 is 9.84 Å². The van der Waals surface area contributed by atoms with Crippen LogP contribution in [0.4, 0.5) is 0 Å². The highest BCUT2D eigenvalue weighted by atomic mass is 32.2. The Balaban J connectivity index is 3.05. The second-order valence-corrected chi connectivity index (χ2v) is 7.52. The van der Waals surface area contributed by atoms with Crippen LogP contribution in [0.3, 0.4) is 0 Å². The number of aliphatic hydroxyl groups is 1. The van der Waals surface area contributed by atoms with Gasteiger partial charge in [0.2, 0.25) is 0 Å². The Morgan fingerprint density at radius 3 is 2.61 bits per heavy atom. The van der Waals surface area contributed by atoms with E-state index in [4.69, 9.17) is 9.84 Å². The summed E-state index contributed by atoms with van der Waals surface area (Å²) in [4.78, 5) is 0.682. The van der Waals surface area contributed by atoms with Crippen LogP contribution in [0.25, 0.3) is 0 Å².